The van der Waals surface area contributed by atoms with Gasteiger partial charge in [0.25, 0.3) is 0 Å². The molecule has 4 heterocycles. The third-order valence-corrected chi connectivity index (χ3v) is 7.05. The fourth-order valence-electron chi connectivity index (χ4n) is 3.52. The number of thiazole rings is 1. The van der Waals surface area contributed by atoms with Gasteiger partial charge in [-0.05, 0) is 37.8 Å². The molecule has 8 nitrogen and oxygen atoms in total. The molecule has 1 aliphatic rings. The maximum atomic E-state index is 12.0. The molecule has 1 saturated heterocycles. The molecule has 0 radical (unpaired) electrons. The van der Waals surface area contributed by atoms with Crippen LogP contribution in [0.15, 0.2) is 11.4 Å². The Kier molecular flexibility index (Phi) is 5.26. The van der Waals surface area contributed by atoms with Crippen LogP contribution < -0.4 is 0 Å². The lowest BCUT2D eigenvalue weighted by atomic mass is 10.1. The Morgan fingerprint density at radius 2 is 2.04 bits per heavy atom. The summed E-state index contributed by atoms with van der Waals surface area (Å²) in [5, 5.41) is 17.2. The molecule has 3 aromatic rings. The van der Waals surface area contributed by atoms with Crippen molar-refractivity contribution in [3.05, 3.63) is 32.6 Å². The smallest absolute Gasteiger partial charge is 0.409 e. The first kappa shape index (κ1) is 19.2. The quantitative estimate of drug-likeness (QED) is 0.697. The van der Waals surface area contributed by atoms with Crippen LogP contribution >= 0.6 is 22.7 Å². The second-order valence-electron chi connectivity index (χ2n) is 6.74. The highest BCUT2D eigenvalue weighted by Crippen LogP contribution is 2.42. The predicted molar refractivity (Wildman–Crippen MR) is 108 cm³/mol. The van der Waals surface area contributed by atoms with Crippen molar-refractivity contribution in [2.24, 2.45) is 0 Å². The molecule has 1 fully saturated rings. The minimum Gasteiger partial charge on any atom is -0.492 e. The number of nitrogens with zero attached hydrogens (tertiary/aromatic N) is 5. The molecule has 4 rings (SSSR count). The second-order valence-corrected chi connectivity index (χ2v) is 8.69. The Hall–Kier alpha value is -2.17. The number of thiophene rings is 1. The molecule has 1 N–H and O–H groups in total. The van der Waals surface area contributed by atoms with Gasteiger partial charge in [-0.25, -0.2) is 9.78 Å². The van der Waals surface area contributed by atoms with Crippen LogP contribution in [0.1, 0.15) is 34.1 Å². The Bertz CT molecular complexity index is 987. The van der Waals surface area contributed by atoms with E-state index >= 15 is 0 Å². The van der Waals surface area contributed by atoms with Crippen LogP contribution in [0.3, 0.4) is 0 Å². The van der Waals surface area contributed by atoms with Crippen molar-refractivity contribution in [3.8, 4) is 5.88 Å². The van der Waals surface area contributed by atoms with E-state index in [1.165, 1.54) is 26.3 Å². The van der Waals surface area contributed by atoms with Crippen molar-refractivity contribution in [1.82, 2.24) is 24.4 Å². The third kappa shape index (κ3) is 3.36. The zero-order valence-corrected chi connectivity index (χ0v) is 17.7. The standard InChI is InChI=1S/C18H23N5O3S2/c1-4-26-18(25)22-8-6-21(7-9-22)13(14-11(2)5-10-27-14)15-16(24)23-17(28-15)19-12(3)20-23/h5,10,13,24H,4,6-9H2,1-3H3/t13-/m1/s1. The van der Waals surface area contributed by atoms with Gasteiger partial charge in [0.1, 0.15) is 5.82 Å². The van der Waals surface area contributed by atoms with Gasteiger partial charge in [-0.15, -0.1) is 16.4 Å². The number of carbonyl (C=O) groups excluding carboxylic acids is 1. The number of ether oxygens (including phenoxy) is 1. The first-order chi connectivity index (χ1) is 13.5. The van der Waals surface area contributed by atoms with Crippen molar-refractivity contribution in [1.29, 1.82) is 0 Å². The predicted octanol–water partition coefficient (Wildman–Crippen LogP) is 3.04. The van der Waals surface area contributed by atoms with Crippen LogP contribution in [0.25, 0.3) is 4.96 Å². The Labute approximate surface area is 171 Å². The summed E-state index contributed by atoms with van der Waals surface area (Å²) in [6, 6.07) is 2.01. The molecule has 0 spiro atoms. The van der Waals surface area contributed by atoms with Crippen molar-refractivity contribution in [3.63, 3.8) is 0 Å². The average Bonchev–Trinajstić information content (AvgIpc) is 3.34. The van der Waals surface area contributed by atoms with Gasteiger partial charge in [-0.3, -0.25) is 4.90 Å². The van der Waals surface area contributed by atoms with Gasteiger partial charge in [0.05, 0.1) is 17.5 Å². The molecule has 0 aromatic carbocycles. The summed E-state index contributed by atoms with van der Waals surface area (Å²) in [7, 11) is 0. The van der Waals surface area contributed by atoms with Gasteiger partial charge < -0.3 is 14.7 Å². The number of hydrogen-bond acceptors (Lipinski definition) is 8. The number of carbonyl (C=O) groups is 1. The Balaban J connectivity index is 1.66. The van der Waals surface area contributed by atoms with Gasteiger partial charge in [-0.2, -0.15) is 4.52 Å². The zero-order valence-electron chi connectivity index (χ0n) is 16.1. The van der Waals surface area contributed by atoms with Crippen molar-refractivity contribution < 1.29 is 14.6 Å². The maximum absolute atomic E-state index is 12.0. The minimum absolute atomic E-state index is 0.0850. The van der Waals surface area contributed by atoms with E-state index in [0.717, 1.165) is 4.88 Å². The Morgan fingerprint density at radius 3 is 2.64 bits per heavy atom. The van der Waals surface area contributed by atoms with E-state index in [-0.39, 0.29) is 18.0 Å². The zero-order chi connectivity index (χ0) is 19.8. The van der Waals surface area contributed by atoms with Crippen LogP contribution in [0, 0.1) is 13.8 Å². The minimum atomic E-state index is -0.261. The van der Waals surface area contributed by atoms with E-state index in [4.69, 9.17) is 4.74 Å². The largest absolute Gasteiger partial charge is 0.492 e. The number of aromatic nitrogens is 3. The normalized spacial score (nSPS) is 16.6. The number of rotatable bonds is 4. The number of aryl methyl sites for hydroxylation is 2. The van der Waals surface area contributed by atoms with E-state index in [0.29, 0.717) is 43.6 Å². The summed E-state index contributed by atoms with van der Waals surface area (Å²) in [5.74, 6) is 0.784. The molecule has 0 bridgehead atoms. The lowest BCUT2D eigenvalue weighted by molar-refractivity contribution is 0.0719. The van der Waals surface area contributed by atoms with Crippen molar-refractivity contribution in [2.45, 2.75) is 26.8 Å². The molecule has 1 aliphatic heterocycles. The molecular formula is C18H23N5O3S2. The molecule has 150 valence electrons. The van der Waals surface area contributed by atoms with Crippen LogP contribution in [0.5, 0.6) is 5.88 Å². The van der Waals surface area contributed by atoms with E-state index in [1.54, 1.807) is 16.2 Å². The highest BCUT2D eigenvalue weighted by atomic mass is 32.1. The SMILES string of the molecule is CCOC(=O)N1CCN([C@H](c2sccc2C)c2sc3nc(C)nn3c2O)CC1. The molecule has 1 atom stereocenters. The molecule has 0 saturated carbocycles. The molecule has 3 aromatic heterocycles. The summed E-state index contributed by atoms with van der Waals surface area (Å²) in [6.07, 6.45) is -0.261. The molecule has 0 aliphatic carbocycles. The van der Waals surface area contributed by atoms with Gasteiger partial charge in [0.15, 0.2) is 0 Å². The lowest BCUT2D eigenvalue weighted by Crippen LogP contribution is -2.49. The summed E-state index contributed by atoms with van der Waals surface area (Å²) in [6.45, 7) is 8.70. The first-order valence-corrected chi connectivity index (χ1v) is 10.9. The number of aromatic hydroxyl groups is 1. The summed E-state index contributed by atoms with van der Waals surface area (Å²) in [5.41, 5.74) is 1.19. The fraction of sp³-hybridized carbons (Fsp3) is 0.500. The molecule has 10 heteroatoms. The summed E-state index contributed by atoms with van der Waals surface area (Å²) in [4.78, 5) is 23.2. The van der Waals surface area contributed by atoms with Crippen LogP contribution in [0.4, 0.5) is 4.79 Å². The van der Waals surface area contributed by atoms with Gasteiger partial charge in [0.2, 0.25) is 10.8 Å². The highest BCUT2D eigenvalue weighted by molar-refractivity contribution is 7.17. The third-order valence-electron chi connectivity index (χ3n) is 4.91. The highest BCUT2D eigenvalue weighted by Gasteiger charge is 2.34. The maximum Gasteiger partial charge on any atom is 0.409 e. The number of hydrogen-bond donors (Lipinski definition) is 1. The number of fused-ring (bicyclic) bond motifs is 1. The number of amides is 1. The lowest BCUT2D eigenvalue weighted by Gasteiger charge is -2.38. The van der Waals surface area contributed by atoms with Crippen molar-refractivity contribution >= 4 is 33.7 Å². The summed E-state index contributed by atoms with van der Waals surface area (Å²) >= 11 is 3.15. The second kappa shape index (κ2) is 7.69. The molecule has 28 heavy (non-hydrogen) atoms. The van der Waals surface area contributed by atoms with E-state index in [2.05, 4.69) is 33.4 Å². The summed E-state index contributed by atoms with van der Waals surface area (Å²) < 4.78 is 6.64. The number of piperazine rings is 1. The van der Waals surface area contributed by atoms with Gasteiger partial charge in [0, 0.05) is 31.1 Å². The van der Waals surface area contributed by atoms with E-state index < -0.39 is 0 Å². The fourth-order valence-corrected chi connectivity index (χ4v) is 5.81. The van der Waals surface area contributed by atoms with Crippen molar-refractivity contribution in [2.75, 3.05) is 32.8 Å². The molecule has 1 amide bonds. The monoisotopic (exact) mass is 421 g/mol. The van der Waals surface area contributed by atoms with Gasteiger partial charge >= 0.3 is 6.09 Å². The first-order valence-electron chi connectivity index (χ1n) is 9.24. The average molecular weight is 422 g/mol. The van der Waals surface area contributed by atoms with E-state index in [9.17, 15) is 9.90 Å². The molecule has 0 unspecified atom stereocenters. The van der Waals surface area contributed by atoms with Crippen LogP contribution in [0.2, 0.25) is 0 Å². The topological polar surface area (TPSA) is 83.2 Å². The Morgan fingerprint density at radius 1 is 1.29 bits per heavy atom. The van der Waals surface area contributed by atoms with E-state index in [1.807, 2.05) is 13.8 Å². The molecular weight excluding hydrogens is 398 g/mol. The van der Waals surface area contributed by atoms with Crippen LogP contribution in [-0.2, 0) is 4.74 Å². The van der Waals surface area contributed by atoms with Crippen LogP contribution in [-0.4, -0.2) is 68.4 Å². The van der Waals surface area contributed by atoms with Gasteiger partial charge in [-0.1, -0.05) is 11.3 Å².